The summed E-state index contributed by atoms with van der Waals surface area (Å²) in [5.41, 5.74) is 2.03. The SMILES string of the molecule is O=C(O)CC(NC(=O)c1cc(Cl)ccc1NS(=O)(=O)c1ccc(Oc2ccccc2)cc1)c1ccc(-c2ccccc2Oc2ccccc2)cc1. The van der Waals surface area contributed by atoms with Gasteiger partial charge in [-0.2, -0.15) is 0 Å². The minimum Gasteiger partial charge on any atom is -0.481 e. The molecule has 1 atom stereocenters. The number of carbonyl (C=O) groups is 2. The quantitative estimate of drug-likeness (QED) is 0.108. The first-order chi connectivity index (χ1) is 24.6. The number of benzene rings is 6. The average molecular weight is 719 g/mol. The molecular weight excluding hydrogens is 688 g/mol. The summed E-state index contributed by atoms with van der Waals surface area (Å²) in [6.45, 7) is 0. The molecule has 0 aromatic heterocycles. The molecule has 6 rings (SSSR count). The number of rotatable bonds is 13. The maximum atomic E-state index is 13.7. The topological polar surface area (TPSA) is 131 Å². The van der Waals surface area contributed by atoms with Gasteiger partial charge in [0.15, 0.2) is 0 Å². The van der Waals surface area contributed by atoms with Crippen molar-refractivity contribution >= 4 is 39.2 Å². The molecule has 1 amide bonds. The highest BCUT2D eigenvalue weighted by atomic mass is 35.5. The summed E-state index contributed by atoms with van der Waals surface area (Å²) >= 11 is 6.23. The van der Waals surface area contributed by atoms with Crippen LogP contribution in [0.25, 0.3) is 11.1 Å². The first kappa shape index (κ1) is 34.8. The van der Waals surface area contributed by atoms with Crippen LogP contribution in [-0.4, -0.2) is 25.4 Å². The third-order valence-electron chi connectivity index (χ3n) is 7.75. The largest absolute Gasteiger partial charge is 0.481 e. The number of halogens is 1. The second kappa shape index (κ2) is 15.6. The summed E-state index contributed by atoms with van der Waals surface area (Å²) in [6, 6.07) is 42.0. The van der Waals surface area contributed by atoms with E-state index in [9.17, 15) is 23.1 Å². The smallest absolute Gasteiger partial charge is 0.305 e. The summed E-state index contributed by atoms with van der Waals surface area (Å²) in [7, 11) is -4.16. The molecule has 11 heteroatoms. The Hall–Kier alpha value is -6.10. The van der Waals surface area contributed by atoms with Gasteiger partial charge in [-0.3, -0.25) is 14.3 Å². The fourth-order valence-electron chi connectivity index (χ4n) is 5.28. The average Bonchev–Trinajstić information content (AvgIpc) is 3.13. The Morgan fingerprint density at radius 3 is 1.92 bits per heavy atom. The molecular formula is C40H31ClN2O7S. The van der Waals surface area contributed by atoms with Crippen LogP contribution in [0.1, 0.15) is 28.4 Å². The predicted octanol–water partition coefficient (Wildman–Crippen LogP) is 9.34. The highest BCUT2D eigenvalue weighted by Crippen LogP contribution is 2.34. The number of carboxylic acid groups (broad SMARTS) is 1. The molecule has 0 radical (unpaired) electrons. The summed E-state index contributed by atoms with van der Waals surface area (Å²) in [5.74, 6) is 0.489. The molecule has 6 aromatic rings. The molecule has 0 spiro atoms. The van der Waals surface area contributed by atoms with Gasteiger partial charge in [-0.1, -0.05) is 90.5 Å². The second-order valence-electron chi connectivity index (χ2n) is 11.3. The fraction of sp³-hybridized carbons (Fsp3) is 0.0500. The predicted molar refractivity (Wildman–Crippen MR) is 196 cm³/mol. The van der Waals surface area contributed by atoms with Crippen molar-refractivity contribution in [3.8, 4) is 34.1 Å². The summed E-state index contributed by atoms with van der Waals surface area (Å²) in [4.78, 5) is 25.5. The molecule has 0 aliphatic rings. The van der Waals surface area contributed by atoms with Gasteiger partial charge in [0.25, 0.3) is 15.9 Å². The van der Waals surface area contributed by atoms with Crippen LogP contribution in [0.3, 0.4) is 0 Å². The van der Waals surface area contributed by atoms with Gasteiger partial charge >= 0.3 is 5.97 Å². The minimum absolute atomic E-state index is 0.0408. The maximum absolute atomic E-state index is 13.7. The van der Waals surface area contributed by atoms with Crippen molar-refractivity contribution < 1.29 is 32.6 Å². The third-order valence-corrected chi connectivity index (χ3v) is 9.37. The van der Waals surface area contributed by atoms with E-state index in [1.807, 2.05) is 84.9 Å². The third kappa shape index (κ3) is 8.93. The van der Waals surface area contributed by atoms with Crippen LogP contribution in [-0.2, 0) is 14.8 Å². The second-order valence-corrected chi connectivity index (χ2v) is 13.5. The zero-order valence-corrected chi connectivity index (χ0v) is 28.5. The molecule has 1 unspecified atom stereocenters. The number of ether oxygens (including phenoxy) is 2. The van der Waals surface area contributed by atoms with E-state index < -0.39 is 34.4 Å². The Morgan fingerprint density at radius 2 is 1.27 bits per heavy atom. The summed E-state index contributed by atoms with van der Waals surface area (Å²) in [6.07, 6.45) is -0.433. The first-order valence-electron chi connectivity index (χ1n) is 15.7. The Balaban J connectivity index is 1.21. The molecule has 0 saturated carbocycles. The van der Waals surface area contributed by atoms with Crippen molar-refractivity contribution in [2.75, 3.05) is 4.72 Å². The van der Waals surface area contributed by atoms with Gasteiger partial charge in [-0.05, 0) is 83.9 Å². The highest BCUT2D eigenvalue weighted by Gasteiger charge is 2.24. The van der Waals surface area contributed by atoms with Gasteiger partial charge in [0.05, 0.1) is 28.6 Å². The van der Waals surface area contributed by atoms with Crippen LogP contribution >= 0.6 is 11.6 Å². The molecule has 3 N–H and O–H groups in total. The number of amides is 1. The number of hydrogen-bond donors (Lipinski definition) is 3. The number of sulfonamides is 1. The Kier molecular flexibility index (Phi) is 10.6. The molecule has 0 heterocycles. The fourth-order valence-corrected chi connectivity index (χ4v) is 6.53. The van der Waals surface area contributed by atoms with E-state index in [-0.39, 0.29) is 21.2 Å². The molecule has 0 saturated heterocycles. The van der Waals surface area contributed by atoms with Crippen molar-refractivity contribution in [1.82, 2.24) is 5.32 Å². The zero-order valence-electron chi connectivity index (χ0n) is 26.9. The van der Waals surface area contributed by atoms with Gasteiger partial charge in [0, 0.05) is 10.6 Å². The maximum Gasteiger partial charge on any atom is 0.305 e. The van der Waals surface area contributed by atoms with Crippen LogP contribution in [0.5, 0.6) is 23.0 Å². The lowest BCUT2D eigenvalue weighted by Gasteiger charge is -2.20. The Bertz CT molecular complexity index is 2250. The molecule has 9 nitrogen and oxygen atoms in total. The minimum atomic E-state index is -4.16. The normalized spacial score (nSPS) is 11.6. The molecule has 0 fully saturated rings. The van der Waals surface area contributed by atoms with Crippen molar-refractivity contribution in [3.63, 3.8) is 0 Å². The molecule has 256 valence electrons. The number of nitrogens with one attached hydrogen (secondary N) is 2. The van der Waals surface area contributed by atoms with Crippen LogP contribution in [0, 0.1) is 0 Å². The number of carboxylic acids is 1. The van der Waals surface area contributed by atoms with Gasteiger partial charge < -0.3 is 19.9 Å². The van der Waals surface area contributed by atoms with E-state index in [1.54, 1.807) is 24.3 Å². The van der Waals surface area contributed by atoms with Gasteiger partial charge in [0.2, 0.25) is 0 Å². The zero-order chi connectivity index (χ0) is 35.8. The standard InChI is InChI=1S/C40H31ClN2O7S/c41-29-19-24-36(43-51(47,48)33-22-20-32(21-23-33)49-30-9-3-1-4-10-30)35(25-29)40(46)42-37(26-39(44)45)28-17-15-27(16-18-28)34-13-7-8-14-38(34)50-31-11-5-2-6-12-31/h1-25,37,43H,26H2,(H,42,46)(H,44,45). The first-order valence-corrected chi connectivity index (χ1v) is 17.6. The molecule has 0 aliphatic carbocycles. The Morgan fingerprint density at radius 1 is 0.686 bits per heavy atom. The lowest BCUT2D eigenvalue weighted by Crippen LogP contribution is -2.31. The lowest BCUT2D eigenvalue weighted by atomic mass is 9.98. The van der Waals surface area contributed by atoms with Crippen molar-refractivity contribution in [3.05, 3.63) is 168 Å². The van der Waals surface area contributed by atoms with Crippen molar-refractivity contribution in [1.29, 1.82) is 0 Å². The summed E-state index contributed by atoms with van der Waals surface area (Å²) < 4.78 is 41.1. The van der Waals surface area contributed by atoms with Gasteiger partial charge in [0.1, 0.15) is 23.0 Å². The van der Waals surface area contributed by atoms with Gasteiger partial charge in [-0.25, -0.2) is 8.42 Å². The monoisotopic (exact) mass is 718 g/mol. The number of hydrogen-bond acceptors (Lipinski definition) is 6. The van der Waals surface area contributed by atoms with Crippen molar-refractivity contribution in [2.45, 2.75) is 17.4 Å². The van der Waals surface area contributed by atoms with Gasteiger partial charge in [-0.15, -0.1) is 0 Å². The number of para-hydroxylation sites is 3. The number of anilines is 1. The van der Waals surface area contributed by atoms with Crippen molar-refractivity contribution in [2.24, 2.45) is 0 Å². The van der Waals surface area contributed by atoms with Crippen LogP contribution in [0.15, 0.2) is 157 Å². The number of carbonyl (C=O) groups excluding carboxylic acids is 1. The van der Waals surface area contributed by atoms with Crippen LogP contribution in [0.4, 0.5) is 5.69 Å². The van der Waals surface area contributed by atoms with E-state index in [0.717, 1.165) is 11.1 Å². The van der Waals surface area contributed by atoms with E-state index in [2.05, 4.69) is 10.0 Å². The Labute approximate surface area is 300 Å². The molecule has 51 heavy (non-hydrogen) atoms. The van der Waals surface area contributed by atoms with E-state index in [0.29, 0.717) is 28.6 Å². The van der Waals surface area contributed by atoms with Crippen LogP contribution < -0.4 is 19.5 Å². The molecule has 0 bridgehead atoms. The molecule has 0 aliphatic heterocycles. The van der Waals surface area contributed by atoms with E-state index in [1.165, 1.54) is 42.5 Å². The van der Waals surface area contributed by atoms with E-state index >= 15 is 0 Å². The van der Waals surface area contributed by atoms with E-state index in [4.69, 9.17) is 21.1 Å². The highest BCUT2D eigenvalue weighted by molar-refractivity contribution is 7.92. The lowest BCUT2D eigenvalue weighted by molar-refractivity contribution is -0.137. The summed E-state index contributed by atoms with van der Waals surface area (Å²) in [5, 5.41) is 12.7. The number of aliphatic carboxylic acids is 1. The van der Waals surface area contributed by atoms with Crippen LogP contribution in [0.2, 0.25) is 5.02 Å². The molecule has 6 aromatic carbocycles.